The first-order chi connectivity index (χ1) is 9.70. The lowest BCUT2D eigenvalue weighted by Gasteiger charge is -2.46. The monoisotopic (exact) mass is 273 g/mol. The minimum Gasteiger partial charge on any atom is -0.313 e. The van der Waals surface area contributed by atoms with E-state index in [1.165, 1.54) is 38.5 Å². The second kappa shape index (κ2) is 7.26. The van der Waals surface area contributed by atoms with Crippen LogP contribution >= 0.6 is 0 Å². The van der Waals surface area contributed by atoms with Crippen molar-refractivity contribution < 1.29 is 0 Å². The second-order valence-corrected chi connectivity index (χ2v) is 6.76. The minimum atomic E-state index is 0.350. The summed E-state index contributed by atoms with van der Waals surface area (Å²) in [7, 11) is 0. The summed E-state index contributed by atoms with van der Waals surface area (Å²) >= 11 is 0. The lowest BCUT2D eigenvalue weighted by Crippen LogP contribution is -2.52. The average molecular weight is 273 g/mol. The van der Waals surface area contributed by atoms with Gasteiger partial charge in [-0.3, -0.25) is 0 Å². The highest BCUT2D eigenvalue weighted by atomic mass is 14.9. The van der Waals surface area contributed by atoms with Crippen LogP contribution in [0.15, 0.2) is 30.3 Å². The highest BCUT2D eigenvalue weighted by molar-refractivity contribution is 5.29. The molecule has 1 N–H and O–H groups in total. The Balaban J connectivity index is 2.34. The van der Waals surface area contributed by atoms with Crippen LogP contribution in [0.4, 0.5) is 0 Å². The molecule has 1 fully saturated rings. The molecule has 1 aromatic rings. The predicted molar refractivity (Wildman–Crippen MR) is 88.1 cm³/mol. The molecule has 0 spiro atoms. The van der Waals surface area contributed by atoms with E-state index < -0.39 is 0 Å². The highest BCUT2D eigenvalue weighted by Crippen LogP contribution is 2.44. The second-order valence-electron chi connectivity index (χ2n) is 6.76. The first-order valence-corrected chi connectivity index (χ1v) is 8.49. The van der Waals surface area contributed by atoms with Crippen LogP contribution in [0.25, 0.3) is 0 Å². The maximum atomic E-state index is 3.88. The van der Waals surface area contributed by atoms with Gasteiger partial charge >= 0.3 is 0 Å². The standard InChI is InChI=1S/C19H31N/c1-4-15-20-18(16(2)3)19(13-9-6-10-14-19)17-11-7-5-8-12-17/h5,7-8,11-12,16,18,20H,4,6,9-10,13-15H2,1-3H3. The van der Waals surface area contributed by atoms with Gasteiger partial charge in [0.05, 0.1) is 0 Å². The third-order valence-corrected chi connectivity index (χ3v) is 4.97. The molecule has 0 saturated heterocycles. The molecule has 1 saturated carbocycles. The van der Waals surface area contributed by atoms with Crippen LogP contribution in [0.3, 0.4) is 0 Å². The molecule has 1 unspecified atom stereocenters. The quantitative estimate of drug-likeness (QED) is 0.776. The molecule has 0 heterocycles. The number of hydrogen-bond donors (Lipinski definition) is 1. The molecule has 1 atom stereocenters. The average Bonchev–Trinajstić information content (AvgIpc) is 2.49. The molecule has 0 aromatic heterocycles. The molecule has 1 aliphatic carbocycles. The van der Waals surface area contributed by atoms with Crippen molar-refractivity contribution in [2.75, 3.05) is 6.54 Å². The molecule has 0 amide bonds. The van der Waals surface area contributed by atoms with E-state index in [1.54, 1.807) is 5.56 Å². The van der Waals surface area contributed by atoms with Crippen molar-refractivity contribution in [3.8, 4) is 0 Å². The Kier molecular flexibility index (Phi) is 5.65. The molecule has 0 bridgehead atoms. The first kappa shape index (κ1) is 15.6. The Morgan fingerprint density at radius 2 is 1.70 bits per heavy atom. The Morgan fingerprint density at radius 1 is 1.05 bits per heavy atom. The molecule has 0 aliphatic heterocycles. The van der Waals surface area contributed by atoms with Gasteiger partial charge in [-0.05, 0) is 37.3 Å². The highest BCUT2D eigenvalue weighted by Gasteiger charge is 2.42. The van der Waals surface area contributed by atoms with E-state index >= 15 is 0 Å². The number of benzene rings is 1. The van der Waals surface area contributed by atoms with Gasteiger partial charge in [0.1, 0.15) is 0 Å². The van der Waals surface area contributed by atoms with E-state index in [-0.39, 0.29) is 0 Å². The zero-order valence-electron chi connectivity index (χ0n) is 13.5. The Bertz CT molecular complexity index is 376. The van der Waals surface area contributed by atoms with Crippen molar-refractivity contribution in [3.05, 3.63) is 35.9 Å². The van der Waals surface area contributed by atoms with Crippen LogP contribution in [0, 0.1) is 5.92 Å². The Morgan fingerprint density at radius 3 is 2.25 bits per heavy atom. The van der Waals surface area contributed by atoms with E-state index in [4.69, 9.17) is 0 Å². The number of rotatable bonds is 6. The fourth-order valence-electron chi connectivity index (χ4n) is 4.10. The molecule has 1 heteroatoms. The van der Waals surface area contributed by atoms with Crippen LogP contribution in [-0.4, -0.2) is 12.6 Å². The van der Waals surface area contributed by atoms with E-state index in [0.717, 1.165) is 6.54 Å². The van der Waals surface area contributed by atoms with Gasteiger partial charge in [0.25, 0.3) is 0 Å². The van der Waals surface area contributed by atoms with Gasteiger partial charge in [0.15, 0.2) is 0 Å². The molecule has 1 nitrogen and oxygen atoms in total. The van der Waals surface area contributed by atoms with Gasteiger partial charge in [0, 0.05) is 11.5 Å². The molecule has 20 heavy (non-hydrogen) atoms. The van der Waals surface area contributed by atoms with Crippen molar-refractivity contribution in [1.29, 1.82) is 0 Å². The minimum absolute atomic E-state index is 0.350. The summed E-state index contributed by atoms with van der Waals surface area (Å²) in [5.41, 5.74) is 1.91. The van der Waals surface area contributed by atoms with Crippen LogP contribution in [0.5, 0.6) is 0 Å². The summed E-state index contributed by atoms with van der Waals surface area (Å²) in [5.74, 6) is 0.680. The number of hydrogen-bond acceptors (Lipinski definition) is 1. The van der Waals surface area contributed by atoms with Gasteiger partial charge in [-0.2, -0.15) is 0 Å². The zero-order valence-corrected chi connectivity index (χ0v) is 13.5. The maximum Gasteiger partial charge on any atom is 0.0187 e. The van der Waals surface area contributed by atoms with E-state index in [9.17, 15) is 0 Å². The van der Waals surface area contributed by atoms with Gasteiger partial charge in [-0.25, -0.2) is 0 Å². The lowest BCUT2D eigenvalue weighted by atomic mass is 9.62. The summed E-state index contributed by atoms with van der Waals surface area (Å²) in [6.07, 6.45) is 8.08. The first-order valence-electron chi connectivity index (χ1n) is 8.49. The van der Waals surface area contributed by atoms with Crippen molar-refractivity contribution in [2.24, 2.45) is 5.92 Å². The molecule has 1 aliphatic rings. The van der Waals surface area contributed by atoms with E-state index in [2.05, 4.69) is 56.4 Å². The van der Waals surface area contributed by atoms with Gasteiger partial charge in [0.2, 0.25) is 0 Å². The normalized spacial score (nSPS) is 20.0. The Hall–Kier alpha value is -0.820. The van der Waals surface area contributed by atoms with Crippen LogP contribution in [0.2, 0.25) is 0 Å². The summed E-state index contributed by atoms with van der Waals surface area (Å²) in [4.78, 5) is 0. The summed E-state index contributed by atoms with van der Waals surface area (Å²) in [6, 6.07) is 11.9. The molecule has 112 valence electrons. The summed E-state index contributed by atoms with van der Waals surface area (Å²) < 4.78 is 0. The molecule has 2 rings (SSSR count). The summed E-state index contributed by atoms with van der Waals surface area (Å²) in [6.45, 7) is 8.16. The molecular weight excluding hydrogens is 242 g/mol. The smallest absolute Gasteiger partial charge is 0.0187 e. The van der Waals surface area contributed by atoms with E-state index in [0.29, 0.717) is 17.4 Å². The lowest BCUT2D eigenvalue weighted by molar-refractivity contribution is 0.174. The zero-order chi connectivity index (χ0) is 14.4. The van der Waals surface area contributed by atoms with Crippen molar-refractivity contribution in [1.82, 2.24) is 5.32 Å². The number of nitrogens with one attached hydrogen (secondary N) is 1. The van der Waals surface area contributed by atoms with Gasteiger partial charge < -0.3 is 5.32 Å². The van der Waals surface area contributed by atoms with Crippen LogP contribution in [0.1, 0.15) is 64.9 Å². The predicted octanol–water partition coefficient (Wildman–Crippen LogP) is 4.91. The van der Waals surface area contributed by atoms with Gasteiger partial charge in [-0.15, -0.1) is 0 Å². The molecular formula is C19H31N. The third kappa shape index (κ3) is 3.25. The maximum absolute atomic E-state index is 3.88. The SMILES string of the molecule is CCCNC(C(C)C)C1(c2ccccc2)CCCCC1. The summed E-state index contributed by atoms with van der Waals surface area (Å²) in [5, 5.41) is 3.88. The van der Waals surface area contributed by atoms with Crippen molar-refractivity contribution >= 4 is 0 Å². The van der Waals surface area contributed by atoms with E-state index in [1.807, 2.05) is 0 Å². The largest absolute Gasteiger partial charge is 0.313 e. The van der Waals surface area contributed by atoms with Crippen LogP contribution in [-0.2, 0) is 5.41 Å². The van der Waals surface area contributed by atoms with Crippen LogP contribution < -0.4 is 5.32 Å². The third-order valence-electron chi connectivity index (χ3n) is 4.97. The Labute approximate surface area is 125 Å². The fraction of sp³-hybridized carbons (Fsp3) is 0.684. The van der Waals surface area contributed by atoms with Crippen molar-refractivity contribution in [3.63, 3.8) is 0 Å². The molecule has 1 aromatic carbocycles. The topological polar surface area (TPSA) is 12.0 Å². The van der Waals surface area contributed by atoms with Crippen molar-refractivity contribution in [2.45, 2.75) is 70.8 Å². The molecule has 0 radical (unpaired) electrons. The fourth-order valence-corrected chi connectivity index (χ4v) is 4.10. The van der Waals surface area contributed by atoms with Gasteiger partial charge in [-0.1, -0.05) is 70.4 Å².